The maximum Gasteiger partial charge on any atom is 0.257 e. The van der Waals surface area contributed by atoms with E-state index >= 15 is 0 Å². The Morgan fingerprint density at radius 1 is 1.42 bits per heavy atom. The quantitative estimate of drug-likeness (QED) is 0.768. The van der Waals surface area contributed by atoms with Gasteiger partial charge in [-0.05, 0) is 44.4 Å². The van der Waals surface area contributed by atoms with E-state index < -0.39 is 0 Å². The van der Waals surface area contributed by atoms with Gasteiger partial charge in [0.15, 0.2) is 0 Å². The van der Waals surface area contributed by atoms with Crippen molar-refractivity contribution in [1.29, 1.82) is 0 Å². The number of rotatable bonds is 4. The standard InChI is InChI=1S/C14H20N2O3/c15-7-1-3-10-4-2-8-16(10)14(19)12-6-5-11(17)9-13(12)18/h5-6,9-10,17-18H,1-4,7-8,15H2. The average Bonchev–Trinajstić information content (AvgIpc) is 2.83. The van der Waals surface area contributed by atoms with Crippen molar-refractivity contribution in [2.45, 2.75) is 31.7 Å². The highest BCUT2D eigenvalue weighted by Gasteiger charge is 2.30. The minimum absolute atomic E-state index is 0.0462. The third-order valence-corrected chi connectivity index (χ3v) is 3.59. The second-order valence-corrected chi connectivity index (χ2v) is 4.93. The maximum absolute atomic E-state index is 12.4. The smallest absolute Gasteiger partial charge is 0.257 e. The summed E-state index contributed by atoms with van der Waals surface area (Å²) in [6, 6.07) is 4.28. The summed E-state index contributed by atoms with van der Waals surface area (Å²) in [4.78, 5) is 14.2. The van der Waals surface area contributed by atoms with Gasteiger partial charge in [-0.1, -0.05) is 0 Å². The molecule has 1 aliphatic rings. The number of nitrogens with zero attached hydrogens (tertiary/aromatic N) is 1. The van der Waals surface area contributed by atoms with E-state index in [-0.39, 0.29) is 29.0 Å². The Morgan fingerprint density at radius 2 is 2.21 bits per heavy atom. The fourth-order valence-electron chi connectivity index (χ4n) is 2.61. The third kappa shape index (κ3) is 2.98. The van der Waals surface area contributed by atoms with E-state index in [9.17, 15) is 15.0 Å². The van der Waals surface area contributed by atoms with E-state index in [2.05, 4.69) is 0 Å². The lowest BCUT2D eigenvalue weighted by Gasteiger charge is -2.25. The number of likely N-dealkylation sites (tertiary alicyclic amines) is 1. The first-order valence-electron chi connectivity index (χ1n) is 6.66. The van der Waals surface area contributed by atoms with Crippen molar-refractivity contribution in [3.63, 3.8) is 0 Å². The summed E-state index contributed by atoms with van der Waals surface area (Å²) < 4.78 is 0. The van der Waals surface area contributed by atoms with Gasteiger partial charge in [-0.2, -0.15) is 0 Å². The lowest BCUT2D eigenvalue weighted by Crippen LogP contribution is -2.35. The Kier molecular flexibility index (Phi) is 4.27. The fourth-order valence-corrected chi connectivity index (χ4v) is 2.61. The van der Waals surface area contributed by atoms with E-state index in [0.717, 1.165) is 25.7 Å². The van der Waals surface area contributed by atoms with Gasteiger partial charge in [0.2, 0.25) is 0 Å². The summed E-state index contributed by atoms with van der Waals surface area (Å²) in [7, 11) is 0. The van der Waals surface area contributed by atoms with Gasteiger partial charge in [-0.15, -0.1) is 0 Å². The zero-order valence-corrected chi connectivity index (χ0v) is 10.9. The normalized spacial score (nSPS) is 18.8. The molecule has 1 heterocycles. The van der Waals surface area contributed by atoms with Crippen molar-refractivity contribution in [2.24, 2.45) is 5.73 Å². The first-order valence-corrected chi connectivity index (χ1v) is 6.66. The molecule has 1 fully saturated rings. The van der Waals surface area contributed by atoms with Crippen LogP contribution in [0.3, 0.4) is 0 Å². The van der Waals surface area contributed by atoms with Gasteiger partial charge in [0, 0.05) is 18.7 Å². The predicted octanol–water partition coefficient (Wildman–Crippen LogP) is 1.44. The van der Waals surface area contributed by atoms with Crippen LogP contribution < -0.4 is 5.73 Å². The largest absolute Gasteiger partial charge is 0.508 e. The number of carbonyl (C=O) groups excluding carboxylic acids is 1. The van der Waals surface area contributed by atoms with Gasteiger partial charge >= 0.3 is 0 Å². The molecule has 5 nitrogen and oxygen atoms in total. The number of phenolic OH excluding ortho intramolecular Hbond substituents is 2. The fraction of sp³-hybridized carbons (Fsp3) is 0.500. The number of hydrogen-bond donors (Lipinski definition) is 3. The van der Waals surface area contributed by atoms with Crippen LogP contribution in [0.4, 0.5) is 0 Å². The van der Waals surface area contributed by atoms with Gasteiger partial charge in [0.05, 0.1) is 5.56 Å². The summed E-state index contributed by atoms with van der Waals surface area (Å²) in [6.07, 6.45) is 3.78. The first kappa shape index (κ1) is 13.7. The molecule has 5 heteroatoms. The number of nitrogens with two attached hydrogens (primary N) is 1. The van der Waals surface area contributed by atoms with Crippen molar-refractivity contribution in [3.05, 3.63) is 23.8 Å². The van der Waals surface area contributed by atoms with Crippen LogP contribution in [-0.2, 0) is 0 Å². The number of hydrogen-bond acceptors (Lipinski definition) is 4. The van der Waals surface area contributed by atoms with Gasteiger partial charge in [0.1, 0.15) is 11.5 Å². The predicted molar refractivity (Wildman–Crippen MR) is 72.1 cm³/mol. The molecule has 0 aromatic heterocycles. The minimum atomic E-state index is -0.172. The Balaban J connectivity index is 2.13. The number of benzene rings is 1. The Labute approximate surface area is 112 Å². The molecule has 4 N–H and O–H groups in total. The van der Waals surface area contributed by atoms with E-state index in [1.54, 1.807) is 0 Å². The molecule has 1 amide bonds. The van der Waals surface area contributed by atoms with E-state index in [0.29, 0.717) is 13.1 Å². The molecule has 104 valence electrons. The zero-order chi connectivity index (χ0) is 13.8. The molecule has 1 aromatic carbocycles. The molecular formula is C14H20N2O3. The number of phenols is 2. The Hall–Kier alpha value is -1.75. The molecule has 2 rings (SSSR count). The van der Waals surface area contributed by atoms with Crippen molar-refractivity contribution >= 4 is 5.91 Å². The van der Waals surface area contributed by atoms with Crippen LogP contribution in [0.2, 0.25) is 0 Å². The maximum atomic E-state index is 12.4. The Morgan fingerprint density at radius 3 is 2.89 bits per heavy atom. The molecule has 0 aliphatic carbocycles. The second kappa shape index (κ2) is 5.93. The zero-order valence-electron chi connectivity index (χ0n) is 10.9. The summed E-state index contributed by atoms with van der Waals surface area (Å²) in [5.74, 6) is -0.387. The highest BCUT2D eigenvalue weighted by atomic mass is 16.3. The number of carbonyl (C=O) groups is 1. The summed E-state index contributed by atoms with van der Waals surface area (Å²) in [5.41, 5.74) is 5.76. The SMILES string of the molecule is NCCCC1CCCN1C(=O)c1ccc(O)cc1O. The molecule has 1 aromatic rings. The van der Waals surface area contributed by atoms with Gasteiger partial charge in [-0.25, -0.2) is 0 Å². The lowest BCUT2D eigenvalue weighted by molar-refractivity contribution is 0.0726. The summed E-state index contributed by atoms with van der Waals surface area (Å²) >= 11 is 0. The van der Waals surface area contributed by atoms with Crippen LogP contribution in [-0.4, -0.2) is 40.2 Å². The van der Waals surface area contributed by atoms with Crippen molar-refractivity contribution < 1.29 is 15.0 Å². The van der Waals surface area contributed by atoms with E-state index in [4.69, 9.17) is 5.73 Å². The van der Waals surface area contributed by atoms with Crippen LogP contribution in [0, 0.1) is 0 Å². The highest BCUT2D eigenvalue weighted by molar-refractivity contribution is 5.97. The van der Waals surface area contributed by atoms with Gasteiger partial charge in [0.25, 0.3) is 5.91 Å². The van der Waals surface area contributed by atoms with Crippen molar-refractivity contribution in [3.8, 4) is 11.5 Å². The van der Waals surface area contributed by atoms with Gasteiger partial charge in [-0.3, -0.25) is 4.79 Å². The molecule has 0 radical (unpaired) electrons. The molecule has 0 spiro atoms. The molecule has 1 unspecified atom stereocenters. The topological polar surface area (TPSA) is 86.8 Å². The van der Waals surface area contributed by atoms with E-state index in [1.807, 2.05) is 4.90 Å². The number of aromatic hydroxyl groups is 2. The summed E-state index contributed by atoms with van der Waals surface area (Å²) in [5, 5.41) is 19.0. The second-order valence-electron chi connectivity index (χ2n) is 4.93. The minimum Gasteiger partial charge on any atom is -0.508 e. The molecule has 0 bridgehead atoms. The van der Waals surface area contributed by atoms with Crippen LogP contribution in [0.15, 0.2) is 18.2 Å². The molecule has 1 atom stereocenters. The summed E-state index contributed by atoms with van der Waals surface area (Å²) in [6.45, 7) is 1.34. The van der Waals surface area contributed by atoms with Crippen LogP contribution in [0.1, 0.15) is 36.0 Å². The van der Waals surface area contributed by atoms with E-state index in [1.165, 1.54) is 18.2 Å². The number of amides is 1. The molecule has 0 saturated carbocycles. The van der Waals surface area contributed by atoms with Crippen molar-refractivity contribution in [2.75, 3.05) is 13.1 Å². The molecule has 1 aliphatic heterocycles. The highest BCUT2D eigenvalue weighted by Crippen LogP contribution is 2.28. The lowest BCUT2D eigenvalue weighted by atomic mass is 10.1. The first-order chi connectivity index (χ1) is 9.13. The Bertz CT molecular complexity index is 462. The van der Waals surface area contributed by atoms with Crippen LogP contribution in [0.25, 0.3) is 0 Å². The van der Waals surface area contributed by atoms with Crippen molar-refractivity contribution in [1.82, 2.24) is 4.90 Å². The third-order valence-electron chi connectivity index (χ3n) is 3.59. The monoisotopic (exact) mass is 264 g/mol. The van der Waals surface area contributed by atoms with Gasteiger partial charge < -0.3 is 20.8 Å². The molecule has 1 saturated heterocycles. The van der Waals surface area contributed by atoms with Crippen LogP contribution in [0.5, 0.6) is 11.5 Å². The average molecular weight is 264 g/mol. The molecular weight excluding hydrogens is 244 g/mol. The van der Waals surface area contributed by atoms with Crippen LogP contribution >= 0.6 is 0 Å². The molecule has 19 heavy (non-hydrogen) atoms.